The fraction of sp³-hybridized carbons (Fsp3) is 0.250. The minimum atomic E-state index is -0.523. The van der Waals surface area contributed by atoms with Gasteiger partial charge in [0.2, 0.25) is 5.91 Å². The lowest BCUT2D eigenvalue weighted by molar-refractivity contribution is -0.115. The highest BCUT2D eigenvalue weighted by molar-refractivity contribution is 14.1. The SMILES string of the molecule is COC(=O)c1cc(I)c(NC(=O)CC#N)cc1OC. The fourth-order valence-corrected chi connectivity index (χ4v) is 1.96. The van der Waals surface area contributed by atoms with Gasteiger partial charge in [-0.3, -0.25) is 4.79 Å². The number of carbonyl (C=O) groups is 2. The van der Waals surface area contributed by atoms with Crippen LogP contribution >= 0.6 is 22.6 Å². The van der Waals surface area contributed by atoms with E-state index in [1.54, 1.807) is 12.1 Å². The van der Waals surface area contributed by atoms with Crippen LogP contribution in [0.4, 0.5) is 5.69 Å². The Kier molecular flexibility index (Phi) is 5.57. The van der Waals surface area contributed by atoms with Gasteiger partial charge in [-0.2, -0.15) is 5.26 Å². The Hall–Kier alpha value is -1.82. The molecule has 100 valence electrons. The predicted octanol–water partition coefficient (Wildman–Crippen LogP) is 1.94. The molecule has 0 saturated heterocycles. The second-order valence-electron chi connectivity index (χ2n) is 3.41. The van der Waals surface area contributed by atoms with Gasteiger partial charge in [0, 0.05) is 9.64 Å². The minimum Gasteiger partial charge on any atom is -0.496 e. The standard InChI is InChI=1S/C12H11IN2O4/c1-18-10-6-9(15-11(16)3-4-14)8(13)5-7(10)12(17)19-2/h5-6H,3H2,1-2H3,(H,15,16). The molecule has 0 saturated carbocycles. The molecule has 0 aromatic heterocycles. The maximum Gasteiger partial charge on any atom is 0.341 e. The van der Waals surface area contributed by atoms with Crippen molar-refractivity contribution in [2.45, 2.75) is 6.42 Å². The maximum atomic E-state index is 11.5. The Morgan fingerprint density at radius 3 is 2.63 bits per heavy atom. The summed E-state index contributed by atoms with van der Waals surface area (Å²) in [6.45, 7) is 0. The van der Waals surface area contributed by atoms with Gasteiger partial charge in [-0.25, -0.2) is 4.79 Å². The highest BCUT2D eigenvalue weighted by Gasteiger charge is 2.17. The molecule has 6 nitrogen and oxygen atoms in total. The van der Waals surface area contributed by atoms with Crippen molar-refractivity contribution in [2.75, 3.05) is 19.5 Å². The molecule has 0 radical (unpaired) electrons. The summed E-state index contributed by atoms with van der Waals surface area (Å²) in [5.74, 6) is -0.655. The second kappa shape index (κ2) is 6.94. The topological polar surface area (TPSA) is 88.4 Å². The summed E-state index contributed by atoms with van der Waals surface area (Å²) >= 11 is 1.97. The number of nitrogens with one attached hydrogen (secondary N) is 1. The van der Waals surface area contributed by atoms with Crippen LogP contribution in [0.1, 0.15) is 16.8 Å². The van der Waals surface area contributed by atoms with Crippen molar-refractivity contribution in [2.24, 2.45) is 0 Å². The lowest BCUT2D eigenvalue weighted by Crippen LogP contribution is -2.12. The van der Waals surface area contributed by atoms with E-state index < -0.39 is 11.9 Å². The number of nitrogens with zero attached hydrogens (tertiary/aromatic N) is 1. The summed E-state index contributed by atoms with van der Waals surface area (Å²) in [7, 11) is 2.69. The average Bonchev–Trinajstić information content (AvgIpc) is 2.40. The molecule has 0 unspecified atom stereocenters. The van der Waals surface area contributed by atoms with Gasteiger partial charge < -0.3 is 14.8 Å². The molecular formula is C12H11IN2O4. The number of hydrogen-bond donors (Lipinski definition) is 1. The quantitative estimate of drug-likeness (QED) is 0.643. The van der Waals surface area contributed by atoms with E-state index in [9.17, 15) is 9.59 Å². The molecule has 0 heterocycles. The molecule has 0 atom stereocenters. The zero-order valence-corrected chi connectivity index (χ0v) is 12.5. The van der Waals surface area contributed by atoms with Crippen molar-refractivity contribution in [3.8, 4) is 11.8 Å². The summed E-state index contributed by atoms with van der Waals surface area (Å²) < 4.78 is 10.4. The van der Waals surface area contributed by atoms with Crippen molar-refractivity contribution in [3.63, 3.8) is 0 Å². The molecule has 7 heteroatoms. The van der Waals surface area contributed by atoms with E-state index in [0.29, 0.717) is 15.0 Å². The minimum absolute atomic E-state index is 0.239. The third-order valence-corrected chi connectivity index (χ3v) is 3.10. The van der Waals surface area contributed by atoms with Crippen LogP contribution in [0, 0.1) is 14.9 Å². The first-order valence-corrected chi connectivity index (χ1v) is 6.24. The summed E-state index contributed by atoms with van der Waals surface area (Å²) in [6.07, 6.45) is -0.239. The third kappa shape index (κ3) is 3.82. The van der Waals surface area contributed by atoms with Gasteiger partial charge in [-0.1, -0.05) is 0 Å². The summed E-state index contributed by atoms with van der Waals surface area (Å²) in [5.41, 5.74) is 0.748. The average molecular weight is 374 g/mol. The Bertz CT molecular complexity index is 551. The van der Waals surface area contributed by atoms with E-state index in [1.165, 1.54) is 20.3 Å². The Labute approximate surface area is 123 Å². The van der Waals surface area contributed by atoms with Crippen LogP contribution in [-0.2, 0) is 9.53 Å². The smallest absolute Gasteiger partial charge is 0.341 e. The number of halogens is 1. The third-order valence-electron chi connectivity index (χ3n) is 2.21. The Morgan fingerprint density at radius 2 is 2.11 bits per heavy atom. The number of benzene rings is 1. The molecule has 1 rings (SSSR count). The molecule has 0 aliphatic heterocycles. The number of methoxy groups -OCH3 is 2. The van der Waals surface area contributed by atoms with Crippen molar-refractivity contribution in [1.29, 1.82) is 5.26 Å². The molecule has 0 fully saturated rings. The van der Waals surface area contributed by atoms with Gasteiger partial charge in [0.1, 0.15) is 17.7 Å². The summed E-state index contributed by atoms with van der Waals surface area (Å²) in [5, 5.41) is 11.0. The maximum absolute atomic E-state index is 11.5. The van der Waals surface area contributed by atoms with Gasteiger partial charge in [0.15, 0.2) is 0 Å². The molecule has 0 spiro atoms. The number of hydrogen-bond acceptors (Lipinski definition) is 5. The van der Waals surface area contributed by atoms with E-state index in [2.05, 4.69) is 10.1 Å². The van der Waals surface area contributed by atoms with Crippen LogP contribution in [0.15, 0.2) is 12.1 Å². The number of amides is 1. The van der Waals surface area contributed by atoms with Crippen molar-refractivity contribution >= 4 is 40.2 Å². The van der Waals surface area contributed by atoms with Crippen LogP contribution in [0.3, 0.4) is 0 Å². The zero-order chi connectivity index (χ0) is 14.4. The first kappa shape index (κ1) is 15.2. The van der Waals surface area contributed by atoms with Gasteiger partial charge in [0.25, 0.3) is 0 Å². The van der Waals surface area contributed by atoms with E-state index in [-0.39, 0.29) is 12.0 Å². The first-order valence-electron chi connectivity index (χ1n) is 5.16. The normalized spacial score (nSPS) is 9.37. The Morgan fingerprint density at radius 1 is 1.42 bits per heavy atom. The van der Waals surface area contributed by atoms with Crippen molar-refractivity contribution in [1.82, 2.24) is 0 Å². The van der Waals surface area contributed by atoms with E-state index in [4.69, 9.17) is 10.00 Å². The fourth-order valence-electron chi connectivity index (χ4n) is 1.35. The molecule has 0 aliphatic carbocycles. The number of anilines is 1. The van der Waals surface area contributed by atoms with Gasteiger partial charge in [-0.05, 0) is 28.7 Å². The largest absolute Gasteiger partial charge is 0.496 e. The molecule has 1 N–H and O–H groups in total. The highest BCUT2D eigenvalue weighted by atomic mass is 127. The lowest BCUT2D eigenvalue weighted by Gasteiger charge is -2.12. The highest BCUT2D eigenvalue weighted by Crippen LogP contribution is 2.29. The lowest BCUT2D eigenvalue weighted by atomic mass is 10.1. The molecular weight excluding hydrogens is 363 g/mol. The van der Waals surface area contributed by atoms with Crippen molar-refractivity contribution in [3.05, 3.63) is 21.3 Å². The van der Waals surface area contributed by atoms with E-state index >= 15 is 0 Å². The zero-order valence-electron chi connectivity index (χ0n) is 10.3. The predicted molar refractivity (Wildman–Crippen MR) is 75.9 cm³/mol. The van der Waals surface area contributed by atoms with Gasteiger partial charge >= 0.3 is 5.97 Å². The van der Waals surface area contributed by atoms with Crippen LogP contribution in [-0.4, -0.2) is 26.1 Å². The van der Waals surface area contributed by atoms with Crippen molar-refractivity contribution < 1.29 is 19.1 Å². The van der Waals surface area contributed by atoms with Crippen LogP contribution in [0.25, 0.3) is 0 Å². The van der Waals surface area contributed by atoms with Gasteiger partial charge in [0.05, 0.1) is 26.0 Å². The summed E-state index contributed by atoms with van der Waals surface area (Å²) in [6, 6.07) is 4.82. The van der Waals surface area contributed by atoms with E-state index in [0.717, 1.165) is 0 Å². The number of carbonyl (C=O) groups excluding carboxylic acids is 2. The number of rotatable bonds is 4. The first-order chi connectivity index (χ1) is 9.03. The molecule has 1 aromatic rings. The molecule has 0 bridgehead atoms. The van der Waals surface area contributed by atoms with Crippen LogP contribution in [0.2, 0.25) is 0 Å². The molecule has 0 aliphatic rings. The monoisotopic (exact) mass is 374 g/mol. The van der Waals surface area contributed by atoms with Gasteiger partial charge in [-0.15, -0.1) is 0 Å². The molecule has 1 aromatic carbocycles. The number of esters is 1. The van der Waals surface area contributed by atoms with Crippen LogP contribution < -0.4 is 10.1 Å². The Balaban J connectivity index is 3.13. The van der Waals surface area contributed by atoms with E-state index in [1.807, 2.05) is 22.6 Å². The summed E-state index contributed by atoms with van der Waals surface area (Å²) in [4.78, 5) is 22.9. The number of nitriles is 1. The second-order valence-corrected chi connectivity index (χ2v) is 4.57. The molecule has 1 amide bonds. The molecule has 19 heavy (non-hydrogen) atoms. The van der Waals surface area contributed by atoms with Crippen LogP contribution in [0.5, 0.6) is 5.75 Å². The number of ether oxygens (including phenoxy) is 2.